The maximum absolute atomic E-state index is 10.1. The van der Waals surface area contributed by atoms with Gasteiger partial charge in [0.15, 0.2) is 4.60 Å². The van der Waals surface area contributed by atoms with E-state index in [1.165, 1.54) is 16.0 Å². The maximum Gasteiger partial charge on any atom is 0.154 e. The SMILES string of the molecule is Cc1nc(C(O)c2c(Br)nnn2C)cs1. The zero-order valence-corrected chi connectivity index (χ0v) is 10.6. The Bertz CT molecular complexity index is 461. The standard InChI is InChI=1S/C8H9BrN4OS/c1-4-10-5(3-15-4)7(14)6-8(9)11-12-13(6)2/h3,7,14H,1-2H3. The topological polar surface area (TPSA) is 63.8 Å². The lowest BCUT2D eigenvalue weighted by molar-refractivity contribution is 0.204. The minimum absolute atomic E-state index is 0.545. The zero-order chi connectivity index (χ0) is 11.0. The highest BCUT2D eigenvalue weighted by atomic mass is 79.9. The summed E-state index contributed by atoms with van der Waals surface area (Å²) in [6, 6.07) is 0. The van der Waals surface area contributed by atoms with E-state index in [2.05, 4.69) is 31.2 Å². The smallest absolute Gasteiger partial charge is 0.154 e. The van der Waals surface area contributed by atoms with E-state index in [4.69, 9.17) is 0 Å². The quantitative estimate of drug-likeness (QED) is 0.908. The van der Waals surface area contributed by atoms with Gasteiger partial charge in [0.25, 0.3) is 0 Å². The largest absolute Gasteiger partial charge is 0.380 e. The fourth-order valence-electron chi connectivity index (χ4n) is 1.27. The molecule has 2 aromatic rings. The molecule has 2 heterocycles. The number of rotatable bonds is 2. The maximum atomic E-state index is 10.1. The van der Waals surface area contributed by atoms with Gasteiger partial charge in [-0.1, -0.05) is 5.21 Å². The second-order valence-electron chi connectivity index (χ2n) is 3.08. The molecule has 0 spiro atoms. The molecule has 0 saturated heterocycles. The van der Waals surface area contributed by atoms with Crippen LogP contribution in [0.5, 0.6) is 0 Å². The van der Waals surface area contributed by atoms with Crippen LogP contribution in [0.4, 0.5) is 0 Å². The minimum Gasteiger partial charge on any atom is -0.380 e. The van der Waals surface area contributed by atoms with Crippen molar-refractivity contribution in [2.24, 2.45) is 7.05 Å². The Morgan fingerprint density at radius 2 is 2.33 bits per heavy atom. The average molecular weight is 289 g/mol. The number of hydrogen-bond acceptors (Lipinski definition) is 5. The molecule has 1 N–H and O–H groups in total. The van der Waals surface area contributed by atoms with Crippen LogP contribution in [0.2, 0.25) is 0 Å². The minimum atomic E-state index is -0.788. The van der Waals surface area contributed by atoms with Crippen molar-refractivity contribution in [3.8, 4) is 0 Å². The summed E-state index contributed by atoms with van der Waals surface area (Å²) < 4.78 is 2.08. The fraction of sp³-hybridized carbons (Fsp3) is 0.375. The van der Waals surface area contributed by atoms with Gasteiger partial charge in [0.2, 0.25) is 0 Å². The summed E-state index contributed by atoms with van der Waals surface area (Å²) in [5.41, 5.74) is 1.24. The summed E-state index contributed by atoms with van der Waals surface area (Å²) in [5.74, 6) is 0. The predicted molar refractivity (Wildman–Crippen MR) is 59.6 cm³/mol. The van der Waals surface area contributed by atoms with Gasteiger partial charge in [-0.2, -0.15) is 0 Å². The molecule has 1 atom stereocenters. The number of hydrogen-bond donors (Lipinski definition) is 1. The number of aromatic nitrogens is 4. The third-order valence-electron chi connectivity index (χ3n) is 2.00. The molecule has 0 fully saturated rings. The molecule has 0 saturated carbocycles. The van der Waals surface area contributed by atoms with E-state index in [0.29, 0.717) is 16.0 Å². The molecule has 0 amide bonds. The summed E-state index contributed by atoms with van der Waals surface area (Å²) in [4.78, 5) is 4.23. The van der Waals surface area contributed by atoms with Crippen LogP contribution >= 0.6 is 27.3 Å². The van der Waals surface area contributed by atoms with E-state index in [1.54, 1.807) is 7.05 Å². The first-order chi connectivity index (χ1) is 7.09. The van der Waals surface area contributed by atoms with E-state index in [9.17, 15) is 5.11 Å². The van der Waals surface area contributed by atoms with Crippen molar-refractivity contribution in [2.75, 3.05) is 0 Å². The highest BCUT2D eigenvalue weighted by molar-refractivity contribution is 9.10. The molecule has 2 rings (SSSR count). The van der Waals surface area contributed by atoms with Crippen LogP contribution in [-0.4, -0.2) is 25.1 Å². The molecule has 7 heteroatoms. The molecule has 0 aliphatic heterocycles. The van der Waals surface area contributed by atoms with E-state index in [-0.39, 0.29) is 0 Å². The van der Waals surface area contributed by atoms with Crippen LogP contribution in [0.3, 0.4) is 0 Å². The second kappa shape index (κ2) is 3.99. The van der Waals surface area contributed by atoms with Crippen LogP contribution in [0.25, 0.3) is 0 Å². The van der Waals surface area contributed by atoms with Crippen molar-refractivity contribution >= 4 is 27.3 Å². The highest BCUT2D eigenvalue weighted by Gasteiger charge is 2.21. The second-order valence-corrected chi connectivity index (χ2v) is 4.90. The predicted octanol–water partition coefficient (Wildman–Crippen LogP) is 1.42. The lowest BCUT2D eigenvalue weighted by atomic mass is 10.2. The third kappa shape index (κ3) is 1.95. The molecule has 0 aliphatic carbocycles. The molecule has 0 aromatic carbocycles. The summed E-state index contributed by atoms with van der Waals surface area (Å²) >= 11 is 4.75. The normalized spacial score (nSPS) is 13.1. The van der Waals surface area contributed by atoms with Crippen LogP contribution in [0.15, 0.2) is 9.98 Å². The van der Waals surface area contributed by atoms with Crippen molar-refractivity contribution in [3.63, 3.8) is 0 Å². The van der Waals surface area contributed by atoms with E-state index >= 15 is 0 Å². The Labute approximate surface area is 98.9 Å². The Morgan fingerprint density at radius 3 is 2.80 bits per heavy atom. The van der Waals surface area contributed by atoms with Crippen LogP contribution in [-0.2, 0) is 7.05 Å². The molecule has 0 aliphatic rings. The lowest BCUT2D eigenvalue weighted by Gasteiger charge is -2.07. The van der Waals surface area contributed by atoms with Gasteiger partial charge < -0.3 is 5.11 Å². The van der Waals surface area contributed by atoms with E-state index in [1.807, 2.05) is 12.3 Å². The van der Waals surface area contributed by atoms with Gasteiger partial charge in [0.05, 0.1) is 10.7 Å². The number of aliphatic hydroxyl groups excluding tert-OH is 1. The van der Waals surface area contributed by atoms with Gasteiger partial charge >= 0.3 is 0 Å². The third-order valence-corrected chi connectivity index (χ3v) is 3.36. The first-order valence-electron chi connectivity index (χ1n) is 4.24. The molecular formula is C8H9BrN4OS. The Kier molecular flexibility index (Phi) is 2.85. The van der Waals surface area contributed by atoms with Gasteiger partial charge in [-0.05, 0) is 22.9 Å². The highest BCUT2D eigenvalue weighted by Crippen LogP contribution is 2.26. The number of thiazole rings is 1. The summed E-state index contributed by atoms with van der Waals surface area (Å²) in [6.45, 7) is 1.90. The van der Waals surface area contributed by atoms with Crippen LogP contribution in [0, 0.1) is 6.92 Å². The van der Waals surface area contributed by atoms with E-state index in [0.717, 1.165) is 5.01 Å². The van der Waals surface area contributed by atoms with Crippen molar-refractivity contribution in [1.82, 2.24) is 20.0 Å². The summed E-state index contributed by atoms with van der Waals surface area (Å²) in [6.07, 6.45) is -0.788. The van der Waals surface area contributed by atoms with Crippen molar-refractivity contribution in [1.29, 1.82) is 0 Å². The Hall–Kier alpha value is -0.790. The van der Waals surface area contributed by atoms with Crippen molar-refractivity contribution in [3.05, 3.63) is 26.4 Å². The molecule has 80 valence electrons. The van der Waals surface area contributed by atoms with Crippen LogP contribution in [0.1, 0.15) is 22.5 Å². The van der Waals surface area contributed by atoms with Gasteiger partial charge in [-0.3, -0.25) is 0 Å². The lowest BCUT2D eigenvalue weighted by Crippen LogP contribution is -2.07. The Balaban J connectivity index is 2.40. The molecule has 0 radical (unpaired) electrons. The molecular weight excluding hydrogens is 280 g/mol. The summed E-state index contributed by atoms with van der Waals surface area (Å²) in [7, 11) is 1.73. The molecule has 15 heavy (non-hydrogen) atoms. The van der Waals surface area contributed by atoms with Crippen LogP contribution < -0.4 is 0 Å². The molecule has 5 nitrogen and oxygen atoms in total. The molecule has 0 bridgehead atoms. The van der Waals surface area contributed by atoms with Gasteiger partial charge in [0.1, 0.15) is 11.8 Å². The first kappa shape index (κ1) is 10.7. The number of halogens is 1. The van der Waals surface area contributed by atoms with Crippen molar-refractivity contribution < 1.29 is 5.11 Å². The monoisotopic (exact) mass is 288 g/mol. The fourth-order valence-corrected chi connectivity index (χ4v) is 2.45. The zero-order valence-electron chi connectivity index (χ0n) is 8.18. The number of aliphatic hydroxyl groups is 1. The van der Waals surface area contributed by atoms with Gasteiger partial charge in [-0.25, -0.2) is 9.67 Å². The van der Waals surface area contributed by atoms with Crippen molar-refractivity contribution in [2.45, 2.75) is 13.0 Å². The molecule has 1 unspecified atom stereocenters. The number of nitrogens with zero attached hydrogens (tertiary/aromatic N) is 4. The average Bonchev–Trinajstić information content (AvgIpc) is 2.73. The Morgan fingerprint density at radius 1 is 1.60 bits per heavy atom. The number of aryl methyl sites for hydroxylation is 2. The van der Waals surface area contributed by atoms with Gasteiger partial charge in [-0.15, -0.1) is 16.4 Å². The van der Waals surface area contributed by atoms with Gasteiger partial charge in [0, 0.05) is 12.4 Å². The van der Waals surface area contributed by atoms with E-state index < -0.39 is 6.10 Å². The summed E-state index contributed by atoms with van der Waals surface area (Å²) in [5, 5.41) is 20.4. The first-order valence-corrected chi connectivity index (χ1v) is 5.92. The molecule has 2 aromatic heterocycles.